The minimum atomic E-state index is 0.694. The zero-order chi connectivity index (χ0) is 21.2. The van der Waals surface area contributed by atoms with Crippen molar-refractivity contribution in [3.63, 3.8) is 0 Å². The fourth-order valence-corrected chi connectivity index (χ4v) is 5.74. The van der Waals surface area contributed by atoms with Gasteiger partial charge in [-0.25, -0.2) is 0 Å². The van der Waals surface area contributed by atoms with Gasteiger partial charge in [0.25, 0.3) is 0 Å². The standard InChI is InChI=1S/C30H21ClO/c31-19-13-15-26-27-11-5-10-20(30(27)32-29(26)17-19)18-12-14-25-23-8-2-1-6-21(23)22-7-3-4-9-24(22)28(25)16-18/h4-6,8-17H,1-3,7H2. The number of allylic oxidation sites excluding steroid dienone is 1. The van der Waals surface area contributed by atoms with Crippen LogP contribution < -0.4 is 10.4 Å². The minimum absolute atomic E-state index is 0.694. The molecular formula is C30H21ClO. The summed E-state index contributed by atoms with van der Waals surface area (Å²) in [5.74, 6) is 0. The van der Waals surface area contributed by atoms with E-state index in [-0.39, 0.29) is 0 Å². The second-order valence-electron chi connectivity index (χ2n) is 8.83. The maximum Gasteiger partial charge on any atom is 0.143 e. The monoisotopic (exact) mass is 432 g/mol. The third kappa shape index (κ3) is 2.58. The highest BCUT2D eigenvalue weighted by molar-refractivity contribution is 6.31. The summed E-state index contributed by atoms with van der Waals surface area (Å²) in [4.78, 5) is 0. The maximum absolute atomic E-state index is 6.32. The largest absolute Gasteiger partial charge is 0.455 e. The first-order valence-corrected chi connectivity index (χ1v) is 11.7. The molecule has 0 bridgehead atoms. The zero-order valence-electron chi connectivity index (χ0n) is 17.6. The average molecular weight is 433 g/mol. The molecule has 1 aromatic heterocycles. The van der Waals surface area contributed by atoms with Crippen LogP contribution in [0.15, 0.2) is 65.1 Å². The molecule has 7 rings (SSSR count). The summed E-state index contributed by atoms with van der Waals surface area (Å²) in [7, 11) is 0. The van der Waals surface area contributed by atoms with Crippen molar-refractivity contribution in [2.45, 2.75) is 25.7 Å². The molecule has 0 atom stereocenters. The van der Waals surface area contributed by atoms with Gasteiger partial charge in [0.15, 0.2) is 0 Å². The molecule has 0 saturated heterocycles. The van der Waals surface area contributed by atoms with Crippen LogP contribution in [0, 0.1) is 0 Å². The normalized spacial score (nSPS) is 14.9. The minimum Gasteiger partial charge on any atom is -0.455 e. The predicted octanol–water partition coefficient (Wildman–Crippen LogP) is 7.37. The fraction of sp³-hybridized carbons (Fsp3) is 0.133. The Bertz CT molecular complexity index is 1730. The zero-order valence-corrected chi connectivity index (χ0v) is 18.4. The van der Waals surface area contributed by atoms with E-state index in [2.05, 4.69) is 60.7 Å². The number of furan rings is 1. The number of para-hydroxylation sites is 1. The van der Waals surface area contributed by atoms with Gasteiger partial charge in [-0.15, -0.1) is 0 Å². The quantitative estimate of drug-likeness (QED) is 0.269. The molecule has 5 aromatic rings. The SMILES string of the molecule is Clc1ccc2c(c1)oc1c(-c3ccc4c5c(c6c(c4c3)C=CCC6)=CCCC=5)cccc12. The highest BCUT2D eigenvalue weighted by Gasteiger charge is 2.17. The van der Waals surface area contributed by atoms with Crippen LogP contribution in [0.5, 0.6) is 0 Å². The first kappa shape index (κ1) is 18.3. The summed E-state index contributed by atoms with van der Waals surface area (Å²) in [5, 5.41) is 8.51. The first-order chi connectivity index (χ1) is 15.8. The molecule has 32 heavy (non-hydrogen) atoms. The molecule has 0 saturated carbocycles. The highest BCUT2D eigenvalue weighted by Crippen LogP contribution is 2.38. The van der Waals surface area contributed by atoms with Crippen molar-refractivity contribution in [1.82, 2.24) is 0 Å². The maximum atomic E-state index is 6.32. The Kier molecular flexibility index (Phi) is 3.92. The van der Waals surface area contributed by atoms with Crippen LogP contribution in [-0.2, 0) is 6.42 Å². The summed E-state index contributed by atoms with van der Waals surface area (Å²) < 4.78 is 6.32. The lowest BCUT2D eigenvalue weighted by Gasteiger charge is -2.18. The molecule has 0 N–H and O–H groups in total. The Labute approximate surface area is 190 Å². The number of hydrogen-bond acceptors (Lipinski definition) is 1. The van der Waals surface area contributed by atoms with Gasteiger partial charge in [-0.2, -0.15) is 0 Å². The van der Waals surface area contributed by atoms with Crippen molar-refractivity contribution in [3.05, 3.63) is 87.3 Å². The molecule has 0 spiro atoms. The van der Waals surface area contributed by atoms with Gasteiger partial charge in [0.1, 0.15) is 11.2 Å². The van der Waals surface area contributed by atoms with E-state index < -0.39 is 0 Å². The second kappa shape index (κ2) is 6.85. The van der Waals surface area contributed by atoms with E-state index in [1.807, 2.05) is 18.2 Å². The molecular weight excluding hydrogens is 412 g/mol. The number of fused-ring (bicyclic) bond motifs is 9. The number of halogens is 1. The Balaban J connectivity index is 1.55. The van der Waals surface area contributed by atoms with Gasteiger partial charge in [-0.3, -0.25) is 0 Å². The molecule has 1 nitrogen and oxygen atoms in total. The van der Waals surface area contributed by atoms with Crippen LogP contribution in [0.3, 0.4) is 0 Å². The Morgan fingerprint density at radius 3 is 2.56 bits per heavy atom. The predicted molar refractivity (Wildman–Crippen MR) is 136 cm³/mol. The smallest absolute Gasteiger partial charge is 0.143 e. The Morgan fingerprint density at radius 2 is 1.62 bits per heavy atom. The van der Waals surface area contributed by atoms with Crippen molar-refractivity contribution < 1.29 is 4.42 Å². The molecule has 2 aliphatic carbocycles. The third-order valence-electron chi connectivity index (χ3n) is 7.02. The van der Waals surface area contributed by atoms with E-state index in [9.17, 15) is 0 Å². The molecule has 0 fully saturated rings. The Morgan fingerprint density at radius 1 is 0.750 bits per heavy atom. The number of hydrogen-bond donors (Lipinski definition) is 0. The summed E-state index contributed by atoms with van der Waals surface area (Å²) in [5.41, 5.74) is 6.97. The molecule has 0 unspecified atom stereocenters. The first-order valence-electron chi connectivity index (χ1n) is 11.3. The van der Waals surface area contributed by atoms with Crippen molar-refractivity contribution in [1.29, 1.82) is 0 Å². The van der Waals surface area contributed by atoms with Crippen LogP contribution in [0.25, 0.3) is 62.1 Å². The van der Waals surface area contributed by atoms with Gasteiger partial charge in [0.2, 0.25) is 0 Å². The lowest BCUT2D eigenvalue weighted by molar-refractivity contribution is 0.670. The van der Waals surface area contributed by atoms with Gasteiger partial charge < -0.3 is 4.42 Å². The summed E-state index contributed by atoms with van der Waals surface area (Å²) in [6.45, 7) is 0. The van der Waals surface area contributed by atoms with E-state index in [4.69, 9.17) is 16.0 Å². The fourth-order valence-electron chi connectivity index (χ4n) is 5.58. The molecule has 2 aliphatic rings. The molecule has 154 valence electrons. The van der Waals surface area contributed by atoms with Crippen molar-refractivity contribution >= 4 is 62.5 Å². The lowest BCUT2D eigenvalue weighted by atomic mass is 9.86. The highest BCUT2D eigenvalue weighted by atomic mass is 35.5. The molecule has 0 aliphatic heterocycles. The van der Waals surface area contributed by atoms with Crippen LogP contribution in [0.4, 0.5) is 0 Å². The molecule has 2 heteroatoms. The van der Waals surface area contributed by atoms with Gasteiger partial charge in [-0.1, -0.05) is 66.2 Å². The van der Waals surface area contributed by atoms with E-state index in [1.165, 1.54) is 37.9 Å². The molecule has 0 amide bonds. The summed E-state index contributed by atoms with van der Waals surface area (Å²) in [6, 6.07) is 19.2. The molecule has 4 aromatic carbocycles. The summed E-state index contributed by atoms with van der Waals surface area (Å²) in [6.07, 6.45) is 14.0. The molecule has 1 heterocycles. The number of rotatable bonds is 1. The van der Waals surface area contributed by atoms with E-state index in [0.717, 1.165) is 53.2 Å². The second-order valence-corrected chi connectivity index (χ2v) is 9.27. The van der Waals surface area contributed by atoms with Crippen LogP contribution in [0.2, 0.25) is 5.02 Å². The van der Waals surface area contributed by atoms with E-state index in [1.54, 1.807) is 0 Å². The third-order valence-corrected chi connectivity index (χ3v) is 7.26. The summed E-state index contributed by atoms with van der Waals surface area (Å²) >= 11 is 6.22. The van der Waals surface area contributed by atoms with Crippen molar-refractivity contribution in [2.24, 2.45) is 0 Å². The average Bonchev–Trinajstić information content (AvgIpc) is 3.21. The van der Waals surface area contributed by atoms with E-state index >= 15 is 0 Å². The molecule has 0 radical (unpaired) electrons. The van der Waals surface area contributed by atoms with Crippen molar-refractivity contribution in [2.75, 3.05) is 0 Å². The van der Waals surface area contributed by atoms with Gasteiger partial charge in [-0.05, 0) is 81.8 Å². The van der Waals surface area contributed by atoms with Crippen LogP contribution in [0.1, 0.15) is 30.4 Å². The van der Waals surface area contributed by atoms with Gasteiger partial charge in [0, 0.05) is 27.4 Å². The van der Waals surface area contributed by atoms with E-state index in [0.29, 0.717) is 5.02 Å². The van der Waals surface area contributed by atoms with Crippen LogP contribution >= 0.6 is 11.6 Å². The lowest BCUT2D eigenvalue weighted by Crippen LogP contribution is -2.33. The number of benzene rings is 4. The van der Waals surface area contributed by atoms with Crippen LogP contribution in [-0.4, -0.2) is 0 Å². The van der Waals surface area contributed by atoms with Gasteiger partial charge >= 0.3 is 0 Å². The van der Waals surface area contributed by atoms with Gasteiger partial charge in [0.05, 0.1) is 0 Å². The Hall–Kier alpha value is -3.29. The van der Waals surface area contributed by atoms with Crippen molar-refractivity contribution in [3.8, 4) is 11.1 Å². The topological polar surface area (TPSA) is 13.1 Å².